The van der Waals surface area contributed by atoms with Crippen molar-refractivity contribution in [1.82, 2.24) is 14.9 Å². The molecule has 0 aliphatic rings. The average Bonchev–Trinajstić information content (AvgIpc) is 2.98. The molecule has 1 aromatic heterocycles. The first-order valence-electron chi connectivity index (χ1n) is 8.20. The number of hydrogen-bond donors (Lipinski definition) is 2. The van der Waals surface area contributed by atoms with Crippen LogP contribution in [0.25, 0.3) is 16.5 Å². The van der Waals surface area contributed by atoms with Crippen molar-refractivity contribution in [3.63, 3.8) is 0 Å². The summed E-state index contributed by atoms with van der Waals surface area (Å²) >= 11 is 7.62. The second-order valence-electron chi connectivity index (χ2n) is 6.39. The SMILES string of the molecule is CC(C)(Sc1ncc(Cl)n1-c1cccc2ccccc12)C(=O)NCC(=O)O. The number of carbonyl (C=O) groups excluding carboxylic acids is 1. The molecule has 1 heterocycles. The third-order valence-electron chi connectivity index (χ3n) is 3.99. The highest BCUT2D eigenvalue weighted by atomic mass is 35.5. The number of thioether (sulfide) groups is 1. The topological polar surface area (TPSA) is 84.2 Å². The number of benzene rings is 2. The first-order chi connectivity index (χ1) is 12.8. The zero-order chi connectivity index (χ0) is 19.6. The van der Waals surface area contributed by atoms with Gasteiger partial charge in [0.25, 0.3) is 0 Å². The van der Waals surface area contributed by atoms with E-state index in [0.717, 1.165) is 16.5 Å². The van der Waals surface area contributed by atoms with Crippen LogP contribution in [0.15, 0.2) is 53.8 Å². The first-order valence-corrected chi connectivity index (χ1v) is 9.39. The summed E-state index contributed by atoms with van der Waals surface area (Å²) in [6, 6.07) is 13.8. The number of aromatic nitrogens is 2. The normalized spacial score (nSPS) is 11.5. The Morgan fingerprint density at radius 2 is 1.93 bits per heavy atom. The minimum absolute atomic E-state index is 0.390. The molecule has 0 spiro atoms. The monoisotopic (exact) mass is 403 g/mol. The van der Waals surface area contributed by atoms with Crippen LogP contribution in [-0.2, 0) is 9.59 Å². The number of aliphatic carboxylic acids is 1. The Morgan fingerprint density at radius 3 is 2.67 bits per heavy atom. The molecular formula is C19H18ClN3O3S. The van der Waals surface area contributed by atoms with Crippen molar-refractivity contribution in [3.8, 4) is 5.69 Å². The molecule has 2 aromatic carbocycles. The van der Waals surface area contributed by atoms with Crippen LogP contribution in [-0.4, -0.2) is 37.8 Å². The van der Waals surface area contributed by atoms with Gasteiger partial charge in [0.15, 0.2) is 5.16 Å². The molecule has 0 aliphatic carbocycles. The van der Waals surface area contributed by atoms with Crippen LogP contribution in [0, 0.1) is 0 Å². The molecule has 8 heteroatoms. The summed E-state index contributed by atoms with van der Waals surface area (Å²) in [4.78, 5) is 27.4. The molecule has 6 nitrogen and oxygen atoms in total. The number of imidazole rings is 1. The Bertz CT molecular complexity index is 1010. The summed E-state index contributed by atoms with van der Waals surface area (Å²) in [5.41, 5.74) is 0.861. The molecular weight excluding hydrogens is 386 g/mol. The standard InChI is InChI=1S/C19H18ClN3O3S/c1-19(2,17(26)21-11-16(24)25)27-18-22-10-15(20)23(18)14-9-5-7-12-6-3-4-8-13(12)14/h3-10H,11H2,1-2H3,(H,21,26)(H,24,25). The van der Waals surface area contributed by atoms with Gasteiger partial charge in [0, 0.05) is 5.39 Å². The van der Waals surface area contributed by atoms with Crippen LogP contribution < -0.4 is 5.32 Å². The number of nitrogens with one attached hydrogen (secondary N) is 1. The smallest absolute Gasteiger partial charge is 0.322 e. The highest BCUT2D eigenvalue weighted by Gasteiger charge is 2.32. The van der Waals surface area contributed by atoms with Crippen molar-refractivity contribution in [2.75, 3.05) is 6.54 Å². The third kappa shape index (κ3) is 4.09. The van der Waals surface area contributed by atoms with Crippen LogP contribution >= 0.6 is 23.4 Å². The second kappa shape index (κ2) is 7.62. The highest BCUT2D eigenvalue weighted by Crippen LogP contribution is 2.36. The molecule has 0 atom stereocenters. The summed E-state index contributed by atoms with van der Waals surface area (Å²) in [7, 11) is 0. The molecule has 3 rings (SSSR count). The lowest BCUT2D eigenvalue weighted by Crippen LogP contribution is -2.42. The van der Waals surface area contributed by atoms with E-state index in [1.807, 2.05) is 42.5 Å². The van der Waals surface area contributed by atoms with E-state index in [4.69, 9.17) is 16.7 Å². The van der Waals surface area contributed by atoms with Crippen molar-refractivity contribution in [2.24, 2.45) is 0 Å². The Kier molecular flexibility index (Phi) is 5.43. The lowest BCUT2D eigenvalue weighted by atomic mass is 10.1. The van der Waals surface area contributed by atoms with Crippen LogP contribution in [0.4, 0.5) is 0 Å². The Hall–Kier alpha value is -2.51. The summed E-state index contributed by atoms with van der Waals surface area (Å²) < 4.78 is 0.854. The van der Waals surface area contributed by atoms with Crippen molar-refractivity contribution in [1.29, 1.82) is 0 Å². The fraction of sp³-hybridized carbons (Fsp3) is 0.211. The highest BCUT2D eigenvalue weighted by molar-refractivity contribution is 8.01. The zero-order valence-corrected chi connectivity index (χ0v) is 16.3. The quantitative estimate of drug-likeness (QED) is 0.612. The lowest BCUT2D eigenvalue weighted by Gasteiger charge is -2.23. The van der Waals surface area contributed by atoms with E-state index >= 15 is 0 Å². The van der Waals surface area contributed by atoms with Crippen molar-refractivity contribution < 1.29 is 14.7 Å². The fourth-order valence-electron chi connectivity index (χ4n) is 2.65. The molecule has 0 saturated heterocycles. The van der Waals surface area contributed by atoms with Crippen LogP contribution in [0.1, 0.15) is 13.8 Å². The van der Waals surface area contributed by atoms with E-state index in [1.165, 1.54) is 18.0 Å². The van der Waals surface area contributed by atoms with Crippen LogP contribution in [0.2, 0.25) is 5.15 Å². The molecule has 0 fully saturated rings. The summed E-state index contributed by atoms with van der Waals surface area (Å²) in [6.07, 6.45) is 1.54. The molecule has 0 radical (unpaired) electrons. The van der Waals surface area contributed by atoms with Gasteiger partial charge in [-0.05, 0) is 25.3 Å². The Labute approximate surface area is 165 Å². The number of carbonyl (C=O) groups is 2. The summed E-state index contributed by atoms with van der Waals surface area (Å²) in [6.45, 7) is 3.00. The van der Waals surface area contributed by atoms with E-state index in [2.05, 4.69) is 10.3 Å². The van der Waals surface area contributed by atoms with E-state index in [1.54, 1.807) is 18.4 Å². The number of nitrogens with zero attached hydrogens (tertiary/aromatic N) is 2. The molecule has 27 heavy (non-hydrogen) atoms. The predicted octanol–water partition coefficient (Wildman–Crippen LogP) is 3.75. The number of halogens is 1. The molecule has 0 bridgehead atoms. The number of fused-ring (bicyclic) bond motifs is 1. The number of amides is 1. The first kappa shape index (κ1) is 19.3. The number of carboxylic acid groups (broad SMARTS) is 1. The number of carboxylic acids is 1. The molecule has 0 saturated carbocycles. The van der Waals surface area contributed by atoms with E-state index in [-0.39, 0.29) is 0 Å². The maximum atomic E-state index is 12.4. The Balaban J connectivity index is 1.98. The second-order valence-corrected chi connectivity index (χ2v) is 8.36. The molecule has 3 aromatic rings. The molecule has 1 amide bonds. The summed E-state index contributed by atoms with van der Waals surface area (Å²) in [5.74, 6) is -1.48. The van der Waals surface area contributed by atoms with Gasteiger partial charge < -0.3 is 10.4 Å². The minimum atomic E-state index is -1.09. The molecule has 140 valence electrons. The van der Waals surface area contributed by atoms with Gasteiger partial charge in [-0.25, -0.2) is 4.98 Å². The van der Waals surface area contributed by atoms with Gasteiger partial charge in [0.2, 0.25) is 5.91 Å². The summed E-state index contributed by atoms with van der Waals surface area (Å²) in [5, 5.41) is 14.2. The molecule has 0 aliphatic heterocycles. The van der Waals surface area contributed by atoms with E-state index in [9.17, 15) is 9.59 Å². The van der Waals surface area contributed by atoms with Gasteiger partial charge in [-0.1, -0.05) is 59.8 Å². The van der Waals surface area contributed by atoms with Gasteiger partial charge in [-0.2, -0.15) is 0 Å². The minimum Gasteiger partial charge on any atom is -0.480 e. The predicted molar refractivity (Wildman–Crippen MR) is 107 cm³/mol. The van der Waals surface area contributed by atoms with Gasteiger partial charge >= 0.3 is 5.97 Å². The number of hydrogen-bond acceptors (Lipinski definition) is 4. The van der Waals surface area contributed by atoms with Crippen molar-refractivity contribution >= 4 is 46.0 Å². The maximum absolute atomic E-state index is 12.4. The average molecular weight is 404 g/mol. The van der Waals surface area contributed by atoms with Crippen molar-refractivity contribution in [2.45, 2.75) is 23.8 Å². The number of rotatable bonds is 6. The van der Waals surface area contributed by atoms with Crippen LogP contribution in [0.5, 0.6) is 0 Å². The molecule has 2 N–H and O–H groups in total. The van der Waals surface area contributed by atoms with Crippen LogP contribution in [0.3, 0.4) is 0 Å². The Morgan fingerprint density at radius 1 is 1.22 bits per heavy atom. The van der Waals surface area contributed by atoms with E-state index in [0.29, 0.717) is 10.3 Å². The van der Waals surface area contributed by atoms with Gasteiger partial charge in [-0.15, -0.1) is 0 Å². The lowest BCUT2D eigenvalue weighted by molar-refractivity contribution is -0.138. The third-order valence-corrected chi connectivity index (χ3v) is 5.42. The largest absolute Gasteiger partial charge is 0.480 e. The zero-order valence-electron chi connectivity index (χ0n) is 14.8. The van der Waals surface area contributed by atoms with Crippen molar-refractivity contribution in [3.05, 3.63) is 53.8 Å². The van der Waals surface area contributed by atoms with Gasteiger partial charge in [0.05, 0.1) is 16.6 Å². The van der Waals surface area contributed by atoms with Gasteiger partial charge in [-0.3, -0.25) is 14.2 Å². The maximum Gasteiger partial charge on any atom is 0.322 e. The van der Waals surface area contributed by atoms with Gasteiger partial charge in [0.1, 0.15) is 11.7 Å². The fourth-order valence-corrected chi connectivity index (χ4v) is 3.94. The van der Waals surface area contributed by atoms with E-state index < -0.39 is 23.2 Å². The molecule has 0 unspecified atom stereocenters.